The molecule has 0 saturated heterocycles. The summed E-state index contributed by atoms with van der Waals surface area (Å²) in [4.78, 5) is 0. The Bertz CT molecular complexity index is 610. The van der Waals surface area contributed by atoms with Gasteiger partial charge in [0.25, 0.3) is 0 Å². The fraction of sp³-hybridized carbons (Fsp3) is 0.294. The molecule has 0 aliphatic heterocycles. The molecule has 0 aromatic heterocycles. The third kappa shape index (κ3) is 2.97. The molecule has 0 saturated carbocycles. The highest BCUT2D eigenvalue weighted by molar-refractivity contribution is 6.30. The van der Waals surface area contributed by atoms with Gasteiger partial charge in [-0.05, 0) is 50.2 Å². The summed E-state index contributed by atoms with van der Waals surface area (Å²) in [6, 6.07) is 12.3. The third-order valence-electron chi connectivity index (χ3n) is 3.53. The summed E-state index contributed by atoms with van der Waals surface area (Å²) in [5.41, 5.74) is 4.73. The van der Waals surface area contributed by atoms with Gasteiger partial charge in [-0.3, -0.25) is 0 Å². The lowest BCUT2D eigenvalue weighted by Crippen LogP contribution is -2.19. The van der Waals surface area contributed by atoms with Crippen molar-refractivity contribution in [1.82, 2.24) is 5.32 Å². The Morgan fingerprint density at radius 2 is 1.80 bits per heavy atom. The lowest BCUT2D eigenvalue weighted by Gasteiger charge is -2.22. The van der Waals surface area contributed by atoms with Crippen LogP contribution < -0.4 is 10.1 Å². The molecule has 0 amide bonds. The quantitative estimate of drug-likeness (QED) is 0.907. The molecule has 2 aromatic carbocycles. The molecule has 106 valence electrons. The largest absolute Gasteiger partial charge is 0.496 e. The maximum Gasteiger partial charge on any atom is 0.123 e. The summed E-state index contributed by atoms with van der Waals surface area (Å²) < 4.78 is 5.50. The molecule has 0 spiro atoms. The van der Waals surface area contributed by atoms with Crippen LogP contribution in [0.4, 0.5) is 0 Å². The summed E-state index contributed by atoms with van der Waals surface area (Å²) >= 11 is 6.05. The van der Waals surface area contributed by atoms with Gasteiger partial charge in [0.2, 0.25) is 0 Å². The molecular weight excluding hydrogens is 270 g/mol. The fourth-order valence-electron chi connectivity index (χ4n) is 2.52. The minimum Gasteiger partial charge on any atom is -0.496 e. The van der Waals surface area contributed by atoms with Crippen LogP contribution in [-0.4, -0.2) is 14.2 Å². The van der Waals surface area contributed by atoms with E-state index in [2.05, 4.69) is 37.4 Å². The average molecular weight is 290 g/mol. The van der Waals surface area contributed by atoms with Crippen molar-refractivity contribution < 1.29 is 4.74 Å². The van der Waals surface area contributed by atoms with Crippen LogP contribution in [0.25, 0.3) is 0 Å². The van der Waals surface area contributed by atoms with Gasteiger partial charge < -0.3 is 10.1 Å². The van der Waals surface area contributed by atoms with E-state index in [0.29, 0.717) is 0 Å². The lowest BCUT2D eigenvalue weighted by molar-refractivity contribution is 0.405. The van der Waals surface area contributed by atoms with Gasteiger partial charge in [0.1, 0.15) is 5.75 Å². The minimum atomic E-state index is 0.0853. The van der Waals surface area contributed by atoms with E-state index in [9.17, 15) is 0 Å². The first-order valence-electron chi connectivity index (χ1n) is 6.64. The van der Waals surface area contributed by atoms with Gasteiger partial charge in [-0.2, -0.15) is 0 Å². The van der Waals surface area contributed by atoms with E-state index in [0.717, 1.165) is 16.3 Å². The SMILES string of the molecule is CNC(c1ccc(Cl)cc1C)c1cc(C)ccc1OC. The molecule has 0 heterocycles. The van der Waals surface area contributed by atoms with E-state index < -0.39 is 0 Å². The minimum absolute atomic E-state index is 0.0853. The normalized spacial score (nSPS) is 12.2. The van der Waals surface area contributed by atoms with E-state index in [4.69, 9.17) is 16.3 Å². The van der Waals surface area contributed by atoms with E-state index in [1.54, 1.807) is 7.11 Å². The lowest BCUT2D eigenvalue weighted by atomic mass is 9.93. The Hall–Kier alpha value is -1.51. The third-order valence-corrected chi connectivity index (χ3v) is 3.76. The van der Waals surface area contributed by atoms with Crippen LogP contribution in [0.2, 0.25) is 5.02 Å². The number of nitrogens with one attached hydrogen (secondary N) is 1. The highest BCUT2D eigenvalue weighted by Gasteiger charge is 2.18. The first-order chi connectivity index (χ1) is 9.56. The topological polar surface area (TPSA) is 21.3 Å². The van der Waals surface area contributed by atoms with E-state index in [-0.39, 0.29) is 6.04 Å². The molecule has 0 fully saturated rings. The maximum atomic E-state index is 6.05. The average Bonchev–Trinajstić information content (AvgIpc) is 2.42. The Kier molecular flexibility index (Phi) is 4.69. The monoisotopic (exact) mass is 289 g/mol. The zero-order chi connectivity index (χ0) is 14.7. The number of ether oxygens (including phenoxy) is 1. The van der Waals surface area contributed by atoms with Gasteiger partial charge >= 0.3 is 0 Å². The molecule has 1 atom stereocenters. The first-order valence-corrected chi connectivity index (χ1v) is 7.02. The van der Waals surface area contributed by atoms with Crippen molar-refractivity contribution in [3.05, 3.63) is 63.7 Å². The first kappa shape index (κ1) is 14.9. The van der Waals surface area contributed by atoms with Gasteiger partial charge in [0, 0.05) is 10.6 Å². The summed E-state index contributed by atoms with van der Waals surface area (Å²) in [6.07, 6.45) is 0. The van der Waals surface area contributed by atoms with Crippen LogP contribution in [0.3, 0.4) is 0 Å². The zero-order valence-electron chi connectivity index (χ0n) is 12.3. The molecule has 1 unspecified atom stereocenters. The number of halogens is 1. The Balaban J connectivity index is 2.54. The van der Waals surface area contributed by atoms with Gasteiger partial charge in [0.15, 0.2) is 0 Å². The van der Waals surface area contributed by atoms with Gasteiger partial charge in [-0.15, -0.1) is 0 Å². The van der Waals surface area contributed by atoms with Crippen molar-refractivity contribution in [2.75, 3.05) is 14.2 Å². The molecular formula is C17H20ClNO. The molecule has 2 rings (SSSR count). The van der Waals surface area contributed by atoms with Crippen molar-refractivity contribution in [2.24, 2.45) is 0 Å². The molecule has 20 heavy (non-hydrogen) atoms. The summed E-state index contributed by atoms with van der Waals surface area (Å²) in [5, 5.41) is 4.14. The predicted molar refractivity (Wildman–Crippen MR) is 84.8 cm³/mol. The second-order valence-corrected chi connectivity index (χ2v) is 5.40. The molecule has 0 aliphatic rings. The van der Waals surface area contributed by atoms with Crippen molar-refractivity contribution in [1.29, 1.82) is 0 Å². The summed E-state index contributed by atoms with van der Waals surface area (Å²) in [7, 11) is 3.66. The van der Waals surface area contributed by atoms with Crippen molar-refractivity contribution >= 4 is 11.6 Å². The number of benzene rings is 2. The molecule has 2 aromatic rings. The van der Waals surface area contributed by atoms with Gasteiger partial charge in [0.05, 0.1) is 13.2 Å². The smallest absolute Gasteiger partial charge is 0.123 e. The number of aryl methyl sites for hydroxylation is 2. The summed E-state index contributed by atoms with van der Waals surface area (Å²) in [5.74, 6) is 0.893. The molecule has 2 nitrogen and oxygen atoms in total. The Labute approximate surface area is 125 Å². The van der Waals surface area contributed by atoms with Crippen LogP contribution in [-0.2, 0) is 0 Å². The van der Waals surface area contributed by atoms with Crippen LogP contribution >= 0.6 is 11.6 Å². The van der Waals surface area contributed by atoms with Crippen LogP contribution in [0.1, 0.15) is 28.3 Å². The van der Waals surface area contributed by atoms with Gasteiger partial charge in [-0.1, -0.05) is 35.4 Å². The standard InChI is InChI=1S/C17H20ClNO/c1-11-5-8-16(20-4)15(9-11)17(19-3)14-7-6-13(18)10-12(14)2/h5-10,17,19H,1-4H3. The molecule has 0 aliphatic carbocycles. The highest BCUT2D eigenvalue weighted by atomic mass is 35.5. The highest BCUT2D eigenvalue weighted by Crippen LogP contribution is 2.33. The molecule has 0 bridgehead atoms. The van der Waals surface area contributed by atoms with Crippen LogP contribution in [0.15, 0.2) is 36.4 Å². The molecule has 1 N–H and O–H groups in total. The van der Waals surface area contributed by atoms with Crippen molar-refractivity contribution in [3.63, 3.8) is 0 Å². The number of methoxy groups -OCH3 is 1. The zero-order valence-corrected chi connectivity index (χ0v) is 13.1. The fourth-order valence-corrected chi connectivity index (χ4v) is 2.75. The second-order valence-electron chi connectivity index (χ2n) is 4.97. The molecule has 0 radical (unpaired) electrons. The Morgan fingerprint density at radius 1 is 1.05 bits per heavy atom. The van der Waals surface area contributed by atoms with Gasteiger partial charge in [-0.25, -0.2) is 0 Å². The maximum absolute atomic E-state index is 6.05. The number of hydrogen-bond acceptors (Lipinski definition) is 2. The van der Waals surface area contributed by atoms with Crippen molar-refractivity contribution in [2.45, 2.75) is 19.9 Å². The predicted octanol–water partition coefficient (Wildman–Crippen LogP) is 4.27. The van der Waals surface area contributed by atoms with E-state index in [1.807, 2.05) is 25.2 Å². The van der Waals surface area contributed by atoms with E-state index >= 15 is 0 Å². The van der Waals surface area contributed by atoms with Crippen molar-refractivity contribution in [3.8, 4) is 5.75 Å². The number of rotatable bonds is 4. The van der Waals surface area contributed by atoms with E-state index in [1.165, 1.54) is 16.7 Å². The molecule has 3 heteroatoms. The van der Waals surface area contributed by atoms with Crippen LogP contribution in [0.5, 0.6) is 5.75 Å². The Morgan fingerprint density at radius 3 is 2.40 bits per heavy atom. The second kappa shape index (κ2) is 6.29. The van der Waals surface area contributed by atoms with Crippen LogP contribution in [0, 0.1) is 13.8 Å². The number of hydrogen-bond donors (Lipinski definition) is 1. The summed E-state index contributed by atoms with van der Waals surface area (Å²) in [6.45, 7) is 4.16.